The Morgan fingerprint density at radius 1 is 1.41 bits per heavy atom. The van der Waals surface area contributed by atoms with Crippen LogP contribution in [0.25, 0.3) is 0 Å². The van der Waals surface area contributed by atoms with Gasteiger partial charge in [-0.15, -0.1) is 0 Å². The van der Waals surface area contributed by atoms with E-state index in [0.29, 0.717) is 18.7 Å². The van der Waals surface area contributed by atoms with E-state index in [9.17, 15) is 9.18 Å². The highest BCUT2D eigenvalue weighted by Crippen LogP contribution is 2.17. The molecule has 1 aromatic heterocycles. The summed E-state index contributed by atoms with van der Waals surface area (Å²) >= 11 is 0. The van der Waals surface area contributed by atoms with E-state index in [1.807, 2.05) is 19.3 Å². The second-order valence-electron chi connectivity index (χ2n) is 5.04. The van der Waals surface area contributed by atoms with Crippen LogP contribution in [-0.4, -0.2) is 27.5 Å². The van der Waals surface area contributed by atoms with Crippen molar-refractivity contribution in [2.24, 2.45) is 12.2 Å². The Balaban J connectivity index is 1.54. The standard InChI is InChI=1S/C15H15FN4O2/c1-20-7-6-12(18-20)9-17-15(21)14-8-13(19-22-14)10-2-4-11(16)5-3-10/h2-7,14H,8-9H2,1H3,(H,17,21). The van der Waals surface area contributed by atoms with Crippen LogP contribution in [0.15, 0.2) is 41.7 Å². The lowest BCUT2D eigenvalue weighted by Gasteiger charge is -2.08. The topological polar surface area (TPSA) is 68.5 Å². The Morgan fingerprint density at radius 3 is 2.86 bits per heavy atom. The van der Waals surface area contributed by atoms with Gasteiger partial charge in [0.1, 0.15) is 5.82 Å². The van der Waals surface area contributed by atoms with Gasteiger partial charge in [0.15, 0.2) is 0 Å². The van der Waals surface area contributed by atoms with Crippen molar-refractivity contribution in [3.63, 3.8) is 0 Å². The fraction of sp³-hybridized carbons (Fsp3) is 0.267. The van der Waals surface area contributed by atoms with Crippen molar-refractivity contribution in [3.05, 3.63) is 53.6 Å². The molecular formula is C15H15FN4O2. The SMILES string of the molecule is Cn1ccc(CNC(=O)C2CC(c3ccc(F)cc3)=NO2)n1. The van der Waals surface area contributed by atoms with Crippen molar-refractivity contribution in [2.45, 2.75) is 19.1 Å². The molecule has 1 amide bonds. The third kappa shape index (κ3) is 3.13. The third-order valence-corrected chi connectivity index (χ3v) is 3.35. The van der Waals surface area contributed by atoms with E-state index in [-0.39, 0.29) is 11.7 Å². The number of nitrogens with one attached hydrogen (secondary N) is 1. The summed E-state index contributed by atoms with van der Waals surface area (Å²) in [5.41, 5.74) is 2.16. The lowest BCUT2D eigenvalue weighted by molar-refractivity contribution is -0.131. The van der Waals surface area contributed by atoms with Crippen LogP contribution in [0.5, 0.6) is 0 Å². The molecule has 0 spiro atoms. The first-order valence-electron chi connectivity index (χ1n) is 6.86. The van der Waals surface area contributed by atoms with E-state index in [2.05, 4.69) is 15.6 Å². The maximum atomic E-state index is 12.9. The number of hydrogen-bond donors (Lipinski definition) is 1. The Morgan fingerprint density at radius 2 is 2.18 bits per heavy atom. The Kier molecular flexibility index (Phi) is 3.86. The van der Waals surface area contributed by atoms with Crippen molar-refractivity contribution in [1.82, 2.24) is 15.1 Å². The molecule has 2 heterocycles. The average molecular weight is 302 g/mol. The molecule has 1 unspecified atom stereocenters. The highest BCUT2D eigenvalue weighted by Gasteiger charge is 2.28. The maximum Gasteiger partial charge on any atom is 0.264 e. The zero-order chi connectivity index (χ0) is 15.5. The minimum atomic E-state index is -0.663. The van der Waals surface area contributed by atoms with Crippen LogP contribution >= 0.6 is 0 Å². The lowest BCUT2D eigenvalue weighted by atomic mass is 10.0. The summed E-state index contributed by atoms with van der Waals surface area (Å²) in [5, 5.41) is 10.9. The summed E-state index contributed by atoms with van der Waals surface area (Å²) in [4.78, 5) is 17.2. The first-order chi connectivity index (χ1) is 10.6. The number of rotatable bonds is 4. The third-order valence-electron chi connectivity index (χ3n) is 3.35. The number of benzene rings is 1. The number of aromatic nitrogens is 2. The summed E-state index contributed by atoms with van der Waals surface area (Å²) in [7, 11) is 1.81. The average Bonchev–Trinajstić information content (AvgIpc) is 3.15. The van der Waals surface area contributed by atoms with E-state index in [4.69, 9.17) is 4.84 Å². The fourth-order valence-electron chi connectivity index (χ4n) is 2.18. The molecule has 3 rings (SSSR count). The molecule has 7 heteroatoms. The molecule has 1 aromatic carbocycles. The van der Waals surface area contributed by atoms with Crippen LogP contribution < -0.4 is 5.32 Å². The number of aryl methyl sites for hydroxylation is 1. The van der Waals surface area contributed by atoms with Gasteiger partial charge in [-0.05, 0) is 23.8 Å². The van der Waals surface area contributed by atoms with Crippen molar-refractivity contribution in [2.75, 3.05) is 0 Å². The van der Waals surface area contributed by atoms with Gasteiger partial charge in [-0.2, -0.15) is 5.10 Å². The van der Waals surface area contributed by atoms with Gasteiger partial charge in [0.2, 0.25) is 6.10 Å². The largest absolute Gasteiger partial charge is 0.382 e. The van der Waals surface area contributed by atoms with E-state index in [1.165, 1.54) is 12.1 Å². The molecule has 2 aromatic rings. The van der Waals surface area contributed by atoms with E-state index in [0.717, 1.165) is 11.3 Å². The Bertz CT molecular complexity index is 709. The summed E-state index contributed by atoms with van der Waals surface area (Å²) in [6, 6.07) is 7.77. The predicted molar refractivity (Wildman–Crippen MR) is 77.5 cm³/mol. The van der Waals surface area contributed by atoms with Crippen LogP contribution in [0.3, 0.4) is 0 Å². The quantitative estimate of drug-likeness (QED) is 0.927. The predicted octanol–water partition coefficient (Wildman–Crippen LogP) is 1.37. The second-order valence-corrected chi connectivity index (χ2v) is 5.04. The Labute approximate surface area is 126 Å². The number of amides is 1. The summed E-state index contributed by atoms with van der Waals surface area (Å²) < 4.78 is 14.6. The van der Waals surface area contributed by atoms with Crippen LogP contribution in [0.4, 0.5) is 4.39 Å². The lowest BCUT2D eigenvalue weighted by Crippen LogP contribution is -2.34. The molecule has 1 N–H and O–H groups in total. The smallest absolute Gasteiger partial charge is 0.264 e. The van der Waals surface area contributed by atoms with Gasteiger partial charge in [-0.3, -0.25) is 9.48 Å². The number of carbonyl (C=O) groups excluding carboxylic acids is 1. The summed E-state index contributed by atoms with van der Waals surface area (Å²) in [6.07, 6.45) is 1.51. The highest BCUT2D eigenvalue weighted by atomic mass is 19.1. The molecule has 1 aliphatic heterocycles. The van der Waals surface area contributed by atoms with Gasteiger partial charge in [-0.1, -0.05) is 17.3 Å². The number of oxime groups is 1. The van der Waals surface area contributed by atoms with Gasteiger partial charge in [-0.25, -0.2) is 4.39 Å². The molecule has 1 atom stereocenters. The molecule has 0 aliphatic carbocycles. The van der Waals surface area contributed by atoms with Gasteiger partial charge in [0, 0.05) is 19.7 Å². The minimum Gasteiger partial charge on any atom is -0.382 e. The van der Waals surface area contributed by atoms with Crippen LogP contribution in [0, 0.1) is 5.82 Å². The second kappa shape index (κ2) is 5.97. The molecule has 114 valence electrons. The van der Waals surface area contributed by atoms with Gasteiger partial charge in [0.25, 0.3) is 5.91 Å². The summed E-state index contributed by atoms with van der Waals surface area (Å²) in [6.45, 7) is 0.339. The molecule has 6 nitrogen and oxygen atoms in total. The minimum absolute atomic E-state index is 0.244. The van der Waals surface area contributed by atoms with Crippen LogP contribution in [0.2, 0.25) is 0 Å². The fourth-order valence-corrected chi connectivity index (χ4v) is 2.18. The highest BCUT2D eigenvalue weighted by molar-refractivity contribution is 6.04. The van der Waals surface area contributed by atoms with E-state index >= 15 is 0 Å². The van der Waals surface area contributed by atoms with Crippen molar-refractivity contribution in [3.8, 4) is 0 Å². The normalized spacial score (nSPS) is 17.0. The molecule has 22 heavy (non-hydrogen) atoms. The monoisotopic (exact) mass is 302 g/mol. The molecule has 0 fully saturated rings. The molecule has 0 radical (unpaired) electrons. The van der Waals surface area contributed by atoms with Crippen LogP contribution in [0.1, 0.15) is 17.7 Å². The first kappa shape index (κ1) is 14.2. The van der Waals surface area contributed by atoms with E-state index < -0.39 is 6.10 Å². The number of hydrogen-bond acceptors (Lipinski definition) is 4. The Hall–Kier alpha value is -2.70. The zero-order valence-electron chi connectivity index (χ0n) is 12.0. The number of nitrogens with zero attached hydrogens (tertiary/aromatic N) is 3. The van der Waals surface area contributed by atoms with Gasteiger partial charge >= 0.3 is 0 Å². The number of carbonyl (C=O) groups is 1. The molecule has 0 bridgehead atoms. The van der Waals surface area contributed by atoms with Crippen LogP contribution in [-0.2, 0) is 23.2 Å². The zero-order valence-corrected chi connectivity index (χ0v) is 12.0. The molecule has 0 saturated heterocycles. The number of halogens is 1. The van der Waals surface area contributed by atoms with Crippen molar-refractivity contribution in [1.29, 1.82) is 0 Å². The van der Waals surface area contributed by atoms with Crippen molar-refractivity contribution >= 4 is 11.6 Å². The first-order valence-corrected chi connectivity index (χ1v) is 6.86. The van der Waals surface area contributed by atoms with Gasteiger partial charge < -0.3 is 10.2 Å². The molecule has 1 aliphatic rings. The van der Waals surface area contributed by atoms with Crippen molar-refractivity contribution < 1.29 is 14.0 Å². The van der Waals surface area contributed by atoms with E-state index in [1.54, 1.807) is 16.8 Å². The molecule has 0 saturated carbocycles. The maximum absolute atomic E-state index is 12.9. The van der Waals surface area contributed by atoms with Gasteiger partial charge in [0.05, 0.1) is 18.0 Å². The summed E-state index contributed by atoms with van der Waals surface area (Å²) in [5.74, 6) is -0.556. The molecular weight excluding hydrogens is 287 g/mol.